The maximum absolute atomic E-state index is 5.71. The molecule has 1 unspecified atom stereocenters. The van der Waals surface area contributed by atoms with E-state index in [-0.39, 0.29) is 11.8 Å². The Labute approximate surface area is 120 Å². The van der Waals surface area contributed by atoms with E-state index in [4.69, 9.17) is 15.0 Å². The summed E-state index contributed by atoms with van der Waals surface area (Å²) in [6, 6.07) is 9.69. The molecule has 8 nitrogen and oxygen atoms in total. The summed E-state index contributed by atoms with van der Waals surface area (Å²) in [7, 11) is 0. The number of hydrogen-bond acceptors (Lipinski definition) is 7. The summed E-state index contributed by atoms with van der Waals surface area (Å²) >= 11 is 0. The third-order valence-corrected chi connectivity index (χ3v) is 2.82. The number of aromatic amines is 1. The summed E-state index contributed by atoms with van der Waals surface area (Å²) in [5.41, 5.74) is 6.40. The summed E-state index contributed by atoms with van der Waals surface area (Å²) in [4.78, 5) is 8.24. The van der Waals surface area contributed by atoms with Crippen molar-refractivity contribution >= 4 is 5.95 Å². The van der Waals surface area contributed by atoms with Crippen molar-refractivity contribution in [1.29, 1.82) is 0 Å². The molecular weight excluding hydrogens is 272 g/mol. The van der Waals surface area contributed by atoms with Crippen LogP contribution >= 0.6 is 0 Å². The molecule has 0 amide bonds. The zero-order valence-corrected chi connectivity index (χ0v) is 11.4. The lowest BCUT2D eigenvalue weighted by Gasteiger charge is -2.13. The first kappa shape index (κ1) is 13.3. The molecule has 0 aliphatic rings. The van der Waals surface area contributed by atoms with Crippen LogP contribution in [0.1, 0.15) is 24.4 Å². The molecule has 2 heterocycles. The molecular formula is C13H14N6O2. The molecule has 0 aliphatic heterocycles. The van der Waals surface area contributed by atoms with Crippen LogP contribution in [-0.4, -0.2) is 31.9 Å². The lowest BCUT2D eigenvalue weighted by atomic mass is 10.1. The van der Waals surface area contributed by atoms with Gasteiger partial charge < -0.3 is 15.0 Å². The first-order valence-electron chi connectivity index (χ1n) is 6.46. The Bertz CT molecular complexity index is 708. The highest BCUT2D eigenvalue weighted by atomic mass is 16.5. The highest BCUT2D eigenvalue weighted by Gasteiger charge is 2.22. The first-order chi connectivity index (χ1) is 10.3. The summed E-state index contributed by atoms with van der Waals surface area (Å²) in [5, 5.41) is 10.3. The van der Waals surface area contributed by atoms with Gasteiger partial charge in [0.1, 0.15) is 6.10 Å². The Kier molecular flexibility index (Phi) is 3.61. The minimum atomic E-state index is -0.394. The van der Waals surface area contributed by atoms with E-state index in [2.05, 4.69) is 25.3 Å². The number of hydrogen-bond donors (Lipinski definition) is 2. The molecule has 3 rings (SSSR count). The first-order valence-corrected chi connectivity index (χ1v) is 6.46. The third kappa shape index (κ3) is 2.75. The van der Waals surface area contributed by atoms with Gasteiger partial charge in [-0.3, -0.25) is 5.10 Å². The summed E-state index contributed by atoms with van der Waals surface area (Å²) in [5.74, 6) is 1.09. The monoisotopic (exact) mass is 286 g/mol. The quantitative estimate of drug-likeness (QED) is 0.731. The van der Waals surface area contributed by atoms with Crippen molar-refractivity contribution < 1.29 is 9.26 Å². The second kappa shape index (κ2) is 5.71. The molecule has 3 aromatic rings. The van der Waals surface area contributed by atoms with E-state index in [0.717, 1.165) is 5.56 Å². The fourth-order valence-corrected chi connectivity index (χ4v) is 1.92. The molecule has 0 saturated heterocycles. The van der Waals surface area contributed by atoms with Gasteiger partial charge in [-0.15, -0.1) is 5.10 Å². The van der Waals surface area contributed by atoms with E-state index >= 15 is 0 Å². The Morgan fingerprint density at radius 2 is 2.10 bits per heavy atom. The number of benzene rings is 1. The molecule has 0 spiro atoms. The van der Waals surface area contributed by atoms with Crippen LogP contribution in [0.15, 0.2) is 34.9 Å². The van der Waals surface area contributed by atoms with Crippen LogP contribution in [0.3, 0.4) is 0 Å². The van der Waals surface area contributed by atoms with E-state index in [1.807, 2.05) is 37.3 Å². The second-order valence-electron chi connectivity index (χ2n) is 4.25. The minimum absolute atomic E-state index is 0.120. The van der Waals surface area contributed by atoms with Gasteiger partial charge >= 0.3 is 0 Å². The van der Waals surface area contributed by atoms with Crippen LogP contribution in [-0.2, 0) is 4.74 Å². The number of nitrogens with one attached hydrogen (secondary N) is 1. The molecule has 0 bridgehead atoms. The average molecular weight is 286 g/mol. The van der Waals surface area contributed by atoms with Gasteiger partial charge in [0.05, 0.1) is 0 Å². The lowest BCUT2D eigenvalue weighted by molar-refractivity contribution is 0.0833. The number of anilines is 1. The van der Waals surface area contributed by atoms with Crippen molar-refractivity contribution in [3.63, 3.8) is 0 Å². The second-order valence-corrected chi connectivity index (χ2v) is 4.25. The highest BCUT2D eigenvalue weighted by molar-refractivity contribution is 5.42. The number of H-pyrrole nitrogens is 1. The molecule has 0 fully saturated rings. The number of aromatic nitrogens is 5. The van der Waals surface area contributed by atoms with E-state index in [9.17, 15) is 0 Å². The maximum atomic E-state index is 5.71. The zero-order valence-electron chi connectivity index (χ0n) is 11.4. The Morgan fingerprint density at radius 3 is 2.76 bits per heavy atom. The molecule has 2 aromatic heterocycles. The number of ether oxygens (including phenoxy) is 1. The van der Waals surface area contributed by atoms with Gasteiger partial charge in [0.15, 0.2) is 0 Å². The van der Waals surface area contributed by atoms with Gasteiger partial charge in [0, 0.05) is 6.61 Å². The van der Waals surface area contributed by atoms with Crippen LogP contribution in [0.2, 0.25) is 0 Å². The maximum Gasteiger partial charge on any atom is 0.295 e. The number of rotatable bonds is 5. The smallest absolute Gasteiger partial charge is 0.295 e. The Morgan fingerprint density at radius 1 is 1.29 bits per heavy atom. The topological polar surface area (TPSA) is 116 Å². The standard InChI is InChI=1S/C13H14N6O2/c1-2-20-9(8-6-4-3-5-7-8)10-15-12(21-19-10)11-16-13(14)18-17-11/h3-7,9H,2H2,1H3,(H3,14,16,17,18). The molecule has 1 atom stereocenters. The summed E-state index contributed by atoms with van der Waals surface area (Å²) in [6.45, 7) is 2.44. The normalized spacial score (nSPS) is 12.4. The fraction of sp³-hybridized carbons (Fsp3) is 0.231. The summed E-state index contributed by atoms with van der Waals surface area (Å²) < 4.78 is 10.9. The van der Waals surface area contributed by atoms with Crippen LogP contribution < -0.4 is 5.73 Å². The zero-order chi connectivity index (χ0) is 14.7. The molecule has 21 heavy (non-hydrogen) atoms. The third-order valence-electron chi connectivity index (χ3n) is 2.82. The van der Waals surface area contributed by atoms with Crippen molar-refractivity contribution in [2.75, 3.05) is 12.3 Å². The SMILES string of the molecule is CCOC(c1ccccc1)c1noc(-c2nc(N)n[nH]2)n1. The predicted octanol–water partition coefficient (Wildman–Crippen LogP) is 1.56. The lowest BCUT2D eigenvalue weighted by Crippen LogP contribution is -2.08. The molecule has 0 radical (unpaired) electrons. The van der Waals surface area contributed by atoms with Crippen molar-refractivity contribution in [3.8, 4) is 11.7 Å². The van der Waals surface area contributed by atoms with E-state index in [0.29, 0.717) is 18.3 Å². The van der Waals surface area contributed by atoms with E-state index in [1.54, 1.807) is 0 Å². The van der Waals surface area contributed by atoms with Crippen molar-refractivity contribution in [1.82, 2.24) is 25.3 Å². The van der Waals surface area contributed by atoms with Crippen molar-refractivity contribution in [2.45, 2.75) is 13.0 Å². The van der Waals surface area contributed by atoms with Crippen LogP contribution in [0, 0.1) is 0 Å². The van der Waals surface area contributed by atoms with Crippen LogP contribution in [0.4, 0.5) is 5.95 Å². The van der Waals surface area contributed by atoms with Gasteiger partial charge in [0.25, 0.3) is 5.89 Å². The molecule has 108 valence electrons. The number of nitrogens with two attached hydrogens (primary N) is 1. The van der Waals surface area contributed by atoms with Gasteiger partial charge in [0.2, 0.25) is 17.6 Å². The molecule has 1 aromatic carbocycles. The number of nitrogens with zero attached hydrogens (tertiary/aromatic N) is 4. The molecule has 3 N–H and O–H groups in total. The van der Waals surface area contributed by atoms with Crippen molar-refractivity contribution in [3.05, 3.63) is 41.7 Å². The van der Waals surface area contributed by atoms with E-state index < -0.39 is 6.10 Å². The molecule has 0 aliphatic carbocycles. The fourth-order valence-electron chi connectivity index (χ4n) is 1.92. The van der Waals surface area contributed by atoms with Gasteiger partial charge in [-0.2, -0.15) is 9.97 Å². The van der Waals surface area contributed by atoms with Gasteiger partial charge in [-0.05, 0) is 12.5 Å². The number of nitrogen functional groups attached to an aromatic ring is 1. The summed E-state index contributed by atoms with van der Waals surface area (Å²) in [6.07, 6.45) is -0.394. The van der Waals surface area contributed by atoms with Gasteiger partial charge in [-0.25, -0.2) is 0 Å². The predicted molar refractivity (Wildman–Crippen MR) is 74.0 cm³/mol. The van der Waals surface area contributed by atoms with Crippen molar-refractivity contribution in [2.24, 2.45) is 0 Å². The Balaban J connectivity index is 1.92. The van der Waals surface area contributed by atoms with Gasteiger partial charge in [-0.1, -0.05) is 35.5 Å². The molecule has 0 saturated carbocycles. The average Bonchev–Trinajstić information content (AvgIpc) is 3.14. The Hall–Kier alpha value is -2.74. The van der Waals surface area contributed by atoms with Crippen LogP contribution in [0.5, 0.6) is 0 Å². The van der Waals surface area contributed by atoms with Crippen LogP contribution in [0.25, 0.3) is 11.7 Å². The largest absolute Gasteiger partial charge is 0.366 e. The van der Waals surface area contributed by atoms with E-state index in [1.165, 1.54) is 0 Å². The minimum Gasteiger partial charge on any atom is -0.366 e. The highest BCUT2D eigenvalue weighted by Crippen LogP contribution is 2.25. The molecule has 8 heteroatoms.